The lowest BCUT2D eigenvalue weighted by Crippen LogP contribution is -2.03. The molecule has 0 radical (unpaired) electrons. The molecular weight excluding hydrogens is 330 g/mol. The highest BCUT2D eigenvalue weighted by Gasteiger charge is 2.20. The number of hydrogen-bond donors (Lipinski definition) is 0. The standard InChI is InChI=1S/C19H14F2O2S/c1-11-10-15(12-8-5-9-16(20)17(12)21)18(24-11)13-6-3-4-7-14(13)19(22)23-2/h3-10H,1-2H3. The molecule has 2 aromatic carbocycles. The maximum absolute atomic E-state index is 14.3. The van der Waals surface area contributed by atoms with Gasteiger partial charge in [0.05, 0.1) is 12.7 Å². The van der Waals surface area contributed by atoms with Crippen LogP contribution in [0.1, 0.15) is 15.2 Å². The van der Waals surface area contributed by atoms with Gasteiger partial charge in [-0.05, 0) is 25.1 Å². The molecule has 0 unspecified atom stereocenters. The minimum atomic E-state index is -0.899. The van der Waals surface area contributed by atoms with Crippen LogP contribution in [0.4, 0.5) is 8.78 Å². The highest BCUT2D eigenvalue weighted by Crippen LogP contribution is 2.41. The minimum absolute atomic E-state index is 0.175. The monoisotopic (exact) mass is 344 g/mol. The number of rotatable bonds is 3. The van der Waals surface area contributed by atoms with Crippen molar-refractivity contribution in [1.29, 1.82) is 0 Å². The van der Waals surface area contributed by atoms with Crippen molar-refractivity contribution in [3.05, 3.63) is 70.6 Å². The van der Waals surface area contributed by atoms with Gasteiger partial charge in [-0.1, -0.05) is 30.3 Å². The van der Waals surface area contributed by atoms with Gasteiger partial charge in [0.1, 0.15) is 0 Å². The van der Waals surface area contributed by atoms with Crippen LogP contribution in [-0.2, 0) is 4.74 Å². The van der Waals surface area contributed by atoms with Gasteiger partial charge in [0.25, 0.3) is 0 Å². The molecule has 0 atom stereocenters. The molecule has 0 saturated heterocycles. The summed E-state index contributed by atoms with van der Waals surface area (Å²) in [5.41, 5.74) is 1.76. The molecule has 24 heavy (non-hydrogen) atoms. The molecule has 0 N–H and O–H groups in total. The highest BCUT2D eigenvalue weighted by atomic mass is 32.1. The zero-order chi connectivity index (χ0) is 17.3. The number of carbonyl (C=O) groups is 1. The second-order valence-electron chi connectivity index (χ2n) is 5.24. The summed E-state index contributed by atoms with van der Waals surface area (Å²) in [5.74, 6) is -2.27. The third kappa shape index (κ3) is 2.83. The first-order valence-electron chi connectivity index (χ1n) is 7.25. The van der Waals surface area contributed by atoms with Crippen LogP contribution in [-0.4, -0.2) is 13.1 Å². The highest BCUT2D eigenvalue weighted by molar-refractivity contribution is 7.16. The Kier molecular flexibility index (Phi) is 4.44. The number of esters is 1. The van der Waals surface area contributed by atoms with Crippen molar-refractivity contribution in [2.45, 2.75) is 6.92 Å². The van der Waals surface area contributed by atoms with E-state index in [4.69, 9.17) is 4.74 Å². The van der Waals surface area contributed by atoms with Gasteiger partial charge in [0.15, 0.2) is 11.6 Å². The smallest absolute Gasteiger partial charge is 0.338 e. The van der Waals surface area contributed by atoms with E-state index < -0.39 is 17.6 Å². The summed E-state index contributed by atoms with van der Waals surface area (Å²) in [6.45, 7) is 1.88. The van der Waals surface area contributed by atoms with Crippen molar-refractivity contribution >= 4 is 17.3 Å². The molecular formula is C19H14F2O2S. The van der Waals surface area contributed by atoms with Gasteiger partial charge in [-0.15, -0.1) is 11.3 Å². The first-order chi connectivity index (χ1) is 11.5. The van der Waals surface area contributed by atoms with E-state index in [0.717, 1.165) is 10.9 Å². The molecule has 0 fully saturated rings. The second-order valence-corrected chi connectivity index (χ2v) is 6.49. The maximum Gasteiger partial charge on any atom is 0.338 e. The van der Waals surface area contributed by atoms with E-state index in [0.29, 0.717) is 21.6 Å². The molecule has 122 valence electrons. The Morgan fingerprint density at radius 3 is 2.46 bits per heavy atom. The van der Waals surface area contributed by atoms with E-state index in [2.05, 4.69) is 0 Å². The maximum atomic E-state index is 14.3. The van der Waals surface area contributed by atoms with E-state index in [1.54, 1.807) is 30.3 Å². The normalized spacial score (nSPS) is 10.7. The topological polar surface area (TPSA) is 26.3 Å². The summed E-state index contributed by atoms with van der Waals surface area (Å²) in [7, 11) is 1.31. The lowest BCUT2D eigenvalue weighted by Gasteiger charge is -2.10. The van der Waals surface area contributed by atoms with Crippen molar-refractivity contribution in [2.75, 3.05) is 7.11 Å². The Hall–Kier alpha value is -2.53. The summed E-state index contributed by atoms with van der Waals surface area (Å²) in [4.78, 5) is 13.7. The van der Waals surface area contributed by atoms with Crippen molar-refractivity contribution in [2.24, 2.45) is 0 Å². The summed E-state index contributed by atoms with van der Waals surface area (Å²) in [5, 5.41) is 0. The summed E-state index contributed by atoms with van der Waals surface area (Å²) in [6, 6.07) is 12.8. The molecule has 0 spiro atoms. The number of ether oxygens (including phenoxy) is 1. The molecule has 0 aliphatic rings. The fraction of sp³-hybridized carbons (Fsp3) is 0.105. The quantitative estimate of drug-likeness (QED) is 0.590. The number of carbonyl (C=O) groups excluding carboxylic acids is 1. The van der Waals surface area contributed by atoms with Gasteiger partial charge in [-0.25, -0.2) is 13.6 Å². The van der Waals surface area contributed by atoms with E-state index in [9.17, 15) is 13.6 Å². The molecule has 3 rings (SSSR count). The van der Waals surface area contributed by atoms with Crippen LogP contribution in [0.3, 0.4) is 0 Å². The van der Waals surface area contributed by atoms with Gasteiger partial charge >= 0.3 is 5.97 Å². The van der Waals surface area contributed by atoms with Crippen LogP contribution in [0.5, 0.6) is 0 Å². The summed E-state index contributed by atoms with van der Waals surface area (Å²) in [6.07, 6.45) is 0. The first kappa shape index (κ1) is 16.3. The second kappa shape index (κ2) is 6.53. The van der Waals surface area contributed by atoms with E-state index in [1.807, 2.05) is 6.92 Å². The average molecular weight is 344 g/mol. The number of benzene rings is 2. The molecule has 5 heteroatoms. The lowest BCUT2D eigenvalue weighted by atomic mass is 9.98. The van der Waals surface area contributed by atoms with Crippen LogP contribution in [0.25, 0.3) is 21.6 Å². The van der Waals surface area contributed by atoms with Gasteiger partial charge in [0.2, 0.25) is 0 Å². The van der Waals surface area contributed by atoms with Crippen molar-refractivity contribution in [3.63, 3.8) is 0 Å². The minimum Gasteiger partial charge on any atom is -0.465 e. The van der Waals surface area contributed by atoms with Crippen LogP contribution in [0, 0.1) is 18.6 Å². The zero-order valence-corrected chi connectivity index (χ0v) is 13.9. The molecule has 0 saturated carbocycles. The third-order valence-corrected chi connectivity index (χ3v) is 4.76. The van der Waals surface area contributed by atoms with Crippen molar-refractivity contribution in [3.8, 4) is 21.6 Å². The van der Waals surface area contributed by atoms with Gasteiger partial charge in [-0.3, -0.25) is 0 Å². The predicted octanol–water partition coefficient (Wildman–Crippen LogP) is 5.46. The average Bonchev–Trinajstić information content (AvgIpc) is 2.98. The van der Waals surface area contributed by atoms with E-state index in [-0.39, 0.29) is 5.56 Å². The Balaban J connectivity index is 2.26. The van der Waals surface area contributed by atoms with Crippen LogP contribution in [0.2, 0.25) is 0 Å². The van der Waals surface area contributed by atoms with Crippen molar-refractivity contribution in [1.82, 2.24) is 0 Å². The van der Waals surface area contributed by atoms with Crippen molar-refractivity contribution < 1.29 is 18.3 Å². The largest absolute Gasteiger partial charge is 0.465 e. The Morgan fingerprint density at radius 2 is 1.71 bits per heavy atom. The molecule has 0 bridgehead atoms. The molecule has 1 aromatic heterocycles. The fourth-order valence-corrected chi connectivity index (χ4v) is 3.66. The number of hydrogen-bond acceptors (Lipinski definition) is 3. The number of thiophene rings is 1. The Morgan fingerprint density at radius 1 is 1.00 bits per heavy atom. The van der Waals surface area contributed by atoms with Crippen LogP contribution < -0.4 is 0 Å². The van der Waals surface area contributed by atoms with Gasteiger partial charge < -0.3 is 4.74 Å². The number of halogens is 2. The summed E-state index contributed by atoms with van der Waals surface area (Å²) < 4.78 is 32.7. The molecule has 0 amide bonds. The summed E-state index contributed by atoms with van der Waals surface area (Å²) >= 11 is 1.42. The van der Waals surface area contributed by atoms with Gasteiger partial charge in [0, 0.05) is 26.4 Å². The molecule has 2 nitrogen and oxygen atoms in total. The number of methoxy groups -OCH3 is 1. The number of aryl methyl sites for hydroxylation is 1. The lowest BCUT2D eigenvalue weighted by molar-refractivity contribution is 0.0601. The molecule has 3 aromatic rings. The van der Waals surface area contributed by atoms with Crippen LogP contribution in [0.15, 0.2) is 48.5 Å². The van der Waals surface area contributed by atoms with Crippen LogP contribution >= 0.6 is 11.3 Å². The zero-order valence-electron chi connectivity index (χ0n) is 13.1. The molecule has 0 aliphatic carbocycles. The molecule has 0 aliphatic heterocycles. The van der Waals surface area contributed by atoms with Gasteiger partial charge in [-0.2, -0.15) is 0 Å². The van der Waals surface area contributed by atoms with E-state index in [1.165, 1.54) is 30.6 Å². The Labute approximate surface area is 142 Å². The Bertz CT molecular complexity index is 915. The third-order valence-electron chi connectivity index (χ3n) is 3.67. The first-order valence-corrected chi connectivity index (χ1v) is 8.07. The predicted molar refractivity (Wildman–Crippen MR) is 91.2 cm³/mol. The van der Waals surface area contributed by atoms with E-state index >= 15 is 0 Å². The fourth-order valence-electron chi connectivity index (χ4n) is 2.60. The molecule has 1 heterocycles. The SMILES string of the molecule is COC(=O)c1ccccc1-c1sc(C)cc1-c1cccc(F)c1F.